The van der Waals surface area contributed by atoms with Crippen LogP contribution in [0.3, 0.4) is 0 Å². The molecule has 1 aliphatic rings. The molecule has 1 radical (unpaired) electrons. The molecule has 3 heterocycles. The second kappa shape index (κ2) is 22.4. The number of pyridine rings is 2. The van der Waals surface area contributed by atoms with Crippen molar-refractivity contribution in [3.63, 3.8) is 0 Å². The number of furan rings is 1. The fourth-order valence-electron chi connectivity index (χ4n) is 9.39. The average Bonchev–Trinajstić information content (AvgIpc) is 3.85. The van der Waals surface area contributed by atoms with E-state index in [1.165, 1.54) is 55.6 Å². The van der Waals surface area contributed by atoms with Crippen LogP contribution in [-0.2, 0) is 31.3 Å². The van der Waals surface area contributed by atoms with E-state index in [1.54, 1.807) is 0 Å². The van der Waals surface area contributed by atoms with Gasteiger partial charge in [-0.05, 0) is 101 Å². The first-order valence-corrected chi connectivity index (χ1v) is 24.0. The number of hydrogen-bond donors (Lipinski definition) is 1. The van der Waals surface area contributed by atoms with Gasteiger partial charge in [-0.15, -0.1) is 52.6 Å². The second-order valence-corrected chi connectivity index (χ2v) is 18.8. The van der Waals surface area contributed by atoms with Crippen LogP contribution >= 0.6 is 0 Å². The molecule has 0 bridgehead atoms. The fraction of sp³-hybridized carbons (Fsp3) is 0.328. The third-order valence-corrected chi connectivity index (χ3v) is 12.9. The molecule has 349 valence electrons. The van der Waals surface area contributed by atoms with Gasteiger partial charge in [0.1, 0.15) is 5.58 Å². The van der Waals surface area contributed by atoms with Crippen molar-refractivity contribution in [2.75, 3.05) is 0 Å². The van der Waals surface area contributed by atoms with Gasteiger partial charge in [0.25, 0.3) is 0 Å². The molecule has 6 heteroatoms. The Kier molecular flexibility index (Phi) is 17.0. The van der Waals surface area contributed by atoms with Crippen LogP contribution in [0.1, 0.15) is 132 Å². The maximum absolute atomic E-state index is 11.7. The zero-order valence-electron chi connectivity index (χ0n) is 41.2. The summed E-state index contributed by atoms with van der Waals surface area (Å²) < 4.78 is 6.23. The molecule has 0 saturated carbocycles. The summed E-state index contributed by atoms with van der Waals surface area (Å²) >= 11 is 0. The van der Waals surface area contributed by atoms with E-state index in [2.05, 4.69) is 133 Å². The van der Waals surface area contributed by atoms with Crippen LogP contribution in [0, 0.1) is 50.7 Å². The summed E-state index contributed by atoms with van der Waals surface area (Å²) in [7, 11) is 0. The van der Waals surface area contributed by atoms with Crippen LogP contribution in [0.4, 0.5) is 0 Å². The zero-order chi connectivity index (χ0) is 47.2. The molecule has 9 rings (SSSR count). The molecule has 0 fully saturated rings. The smallest absolute Gasteiger partial charge is 0.162 e. The van der Waals surface area contributed by atoms with Gasteiger partial charge in [-0.2, -0.15) is 0 Å². The second-order valence-electron chi connectivity index (χ2n) is 18.8. The third-order valence-electron chi connectivity index (χ3n) is 12.9. The number of allylic oxidation sites excluding steroid dienone is 2. The molecule has 67 heavy (non-hydrogen) atoms. The average molecular weight is 1070 g/mol. The van der Waals surface area contributed by atoms with E-state index < -0.39 is 0 Å². The normalized spacial score (nSPS) is 12.2. The molecule has 1 aliphatic carbocycles. The van der Waals surface area contributed by atoms with E-state index in [0.29, 0.717) is 11.8 Å². The first-order valence-electron chi connectivity index (χ1n) is 24.0. The van der Waals surface area contributed by atoms with Crippen LogP contribution in [0.15, 0.2) is 114 Å². The predicted molar refractivity (Wildman–Crippen MR) is 278 cm³/mol. The van der Waals surface area contributed by atoms with Gasteiger partial charge in [0.2, 0.25) is 0 Å². The number of ketones is 1. The molecule has 0 aliphatic heterocycles. The van der Waals surface area contributed by atoms with E-state index >= 15 is 0 Å². The zero-order valence-corrected chi connectivity index (χ0v) is 43.6. The number of aromatic nitrogens is 2. The van der Waals surface area contributed by atoms with E-state index in [4.69, 9.17) is 14.4 Å². The molecule has 0 atom stereocenters. The van der Waals surface area contributed by atoms with E-state index in [9.17, 15) is 9.90 Å². The quantitative estimate of drug-likeness (QED) is 0.0749. The van der Waals surface area contributed by atoms with Crippen molar-refractivity contribution in [1.82, 2.24) is 9.97 Å². The number of hydrogen-bond acceptors (Lipinski definition) is 5. The van der Waals surface area contributed by atoms with Gasteiger partial charge < -0.3 is 14.5 Å². The summed E-state index contributed by atoms with van der Waals surface area (Å²) in [5, 5.41) is 16.9. The van der Waals surface area contributed by atoms with E-state index in [0.717, 1.165) is 87.5 Å². The molecule has 0 saturated heterocycles. The van der Waals surface area contributed by atoms with Crippen molar-refractivity contribution >= 4 is 60.9 Å². The molecule has 8 aromatic rings. The van der Waals surface area contributed by atoms with Gasteiger partial charge >= 0.3 is 0 Å². The molecular formula is C61H66IrN2O3-2. The number of carbonyl (C=O) groups is 1. The van der Waals surface area contributed by atoms with Crippen LogP contribution in [0.5, 0.6) is 0 Å². The summed E-state index contributed by atoms with van der Waals surface area (Å²) in [5.41, 5.74) is 14.6. The molecule has 5 nitrogen and oxygen atoms in total. The third kappa shape index (κ3) is 11.4. The van der Waals surface area contributed by atoms with Gasteiger partial charge in [0.05, 0.1) is 11.3 Å². The number of nitrogens with zero attached hydrogens (tertiary/aromatic N) is 2. The minimum atomic E-state index is 0. The maximum Gasteiger partial charge on any atom is 0.162 e. The van der Waals surface area contributed by atoms with Gasteiger partial charge in [-0.1, -0.05) is 147 Å². The van der Waals surface area contributed by atoms with E-state index in [-0.39, 0.29) is 43.5 Å². The van der Waals surface area contributed by atoms with Crippen molar-refractivity contribution in [2.24, 2.45) is 17.8 Å². The van der Waals surface area contributed by atoms with E-state index in [1.807, 2.05) is 58.3 Å². The molecule has 0 spiro atoms. The van der Waals surface area contributed by atoms with Crippen LogP contribution < -0.4 is 0 Å². The fourth-order valence-corrected chi connectivity index (χ4v) is 9.39. The van der Waals surface area contributed by atoms with Gasteiger partial charge in [-0.25, -0.2) is 0 Å². The summed E-state index contributed by atoms with van der Waals surface area (Å²) in [6, 6.07) is 37.2. The molecular weight excluding hydrogens is 1000 g/mol. The Hall–Kier alpha value is -5.68. The Bertz CT molecular complexity index is 3070. The predicted octanol–water partition coefficient (Wildman–Crippen LogP) is 16.7. The van der Waals surface area contributed by atoms with Crippen LogP contribution in [0.25, 0.3) is 66.4 Å². The van der Waals surface area contributed by atoms with Crippen LogP contribution in [-0.4, -0.2) is 20.9 Å². The minimum Gasteiger partial charge on any atom is -0.512 e. The first kappa shape index (κ1) is 50.7. The monoisotopic (exact) mass is 1070 g/mol. The number of benzene rings is 5. The Labute approximate surface area is 412 Å². The Morgan fingerprint density at radius 1 is 0.716 bits per heavy atom. The molecule has 0 unspecified atom stereocenters. The van der Waals surface area contributed by atoms with Crippen molar-refractivity contribution < 1.29 is 34.4 Å². The van der Waals surface area contributed by atoms with Crippen molar-refractivity contribution in [1.29, 1.82) is 0 Å². The van der Waals surface area contributed by atoms with Gasteiger partial charge in [-0.3, -0.25) is 9.78 Å². The Morgan fingerprint density at radius 3 is 2.06 bits per heavy atom. The number of fused-ring (bicyclic) bond motifs is 4. The summed E-state index contributed by atoms with van der Waals surface area (Å²) in [6.45, 7) is 23.4. The summed E-state index contributed by atoms with van der Waals surface area (Å²) in [6.07, 6.45) is 12.1. The number of para-hydroxylation sites is 1. The number of aryl methyl sites for hydroxylation is 3. The standard InChI is InChI=1S/C25H20NO.C23H22N.C13H24O2.Ir/c1-15(2)17-8-9-19-18(14-17)10-11-26-24(19)22-13-16(3)12-21-20-6-4-5-7-23(20)27-25(21)22;1-14(2)7-17-11-18-5-6-24-23-21(13-20(12-17)22(18)23)19-9-15(3)8-16(4)10-19;1-5-10(6-2)12(14)9-13(15)11(7-3)8-4;/h4-12,14-15H,1-3H3;5-6,8-9,11-14H,7H2,1-4H3;9-11,14H,5-8H2,1-4H3;/q2*-1;;/b;;12-9-;. The molecule has 5 aromatic carbocycles. The maximum atomic E-state index is 11.7. The number of aliphatic hydroxyl groups excluding tert-OH is 1. The topological polar surface area (TPSA) is 76.2 Å². The Balaban J connectivity index is 0.000000172. The van der Waals surface area contributed by atoms with Crippen LogP contribution in [0.2, 0.25) is 0 Å². The number of carbonyl (C=O) groups excluding carboxylic acids is 1. The molecule has 0 amide bonds. The Morgan fingerprint density at radius 2 is 1.39 bits per heavy atom. The molecule has 1 N–H and O–H groups in total. The minimum absolute atomic E-state index is 0. The largest absolute Gasteiger partial charge is 0.512 e. The number of aliphatic hydroxyl groups is 1. The summed E-state index contributed by atoms with van der Waals surface area (Å²) in [5.74, 6) is 1.71. The van der Waals surface area contributed by atoms with Crippen molar-refractivity contribution in [3.05, 3.63) is 166 Å². The first-order chi connectivity index (χ1) is 31.7. The SMILES string of the molecule is CCC(CC)C(=O)/C=C(\O)C(CC)CC.Cc1[c-]c(-c2nccc3cc(C(C)C)ccc23)c2oc3ccccc3c2c1.Cc1[c-]c(C2=Cc3cc(CC(C)C)cc4ccnc2c34)cc(C)c1.[Ir]. The van der Waals surface area contributed by atoms with Gasteiger partial charge in [0, 0.05) is 66.9 Å². The van der Waals surface area contributed by atoms with Gasteiger partial charge in [0.15, 0.2) is 5.78 Å². The summed E-state index contributed by atoms with van der Waals surface area (Å²) in [4.78, 5) is 21.1. The van der Waals surface area contributed by atoms with Crippen molar-refractivity contribution in [3.8, 4) is 11.3 Å². The van der Waals surface area contributed by atoms with Crippen molar-refractivity contribution in [2.45, 2.75) is 114 Å². The molecule has 3 aromatic heterocycles. The number of rotatable bonds is 12.